The van der Waals surface area contributed by atoms with Gasteiger partial charge in [-0.2, -0.15) is 0 Å². The average molecular weight is 201 g/mol. The Morgan fingerprint density at radius 2 is 2.50 bits per heavy atom. The smallest absolute Gasteiger partial charge is 0.152 e. The second-order valence-electron chi connectivity index (χ2n) is 1.94. The molecular formula is C7H5O3S2-. The Bertz CT molecular complexity index is 293. The first-order chi connectivity index (χ1) is 5.74. The molecule has 0 fully saturated rings. The van der Waals surface area contributed by atoms with Gasteiger partial charge in [0.05, 0.1) is 10.2 Å². The van der Waals surface area contributed by atoms with Gasteiger partial charge in [0, 0.05) is 11.3 Å². The number of aliphatic carboxylic acids is 1. The molecule has 0 atom stereocenters. The first-order valence-corrected chi connectivity index (χ1v) is 4.96. The predicted molar refractivity (Wildman–Crippen MR) is 45.4 cm³/mol. The Labute approximate surface area is 77.4 Å². The van der Waals surface area contributed by atoms with Crippen LogP contribution in [0, 0.1) is 0 Å². The van der Waals surface area contributed by atoms with E-state index >= 15 is 0 Å². The molecule has 64 valence electrons. The predicted octanol–water partition coefficient (Wildman–Crippen LogP) is 0.403. The van der Waals surface area contributed by atoms with Gasteiger partial charge in [0.15, 0.2) is 6.29 Å². The zero-order valence-corrected chi connectivity index (χ0v) is 7.61. The number of hydrogen-bond acceptors (Lipinski definition) is 5. The summed E-state index contributed by atoms with van der Waals surface area (Å²) in [4.78, 5) is 20.4. The Morgan fingerprint density at radius 1 is 1.75 bits per heavy atom. The van der Waals surface area contributed by atoms with Gasteiger partial charge >= 0.3 is 0 Å². The molecule has 0 N–H and O–H groups in total. The quantitative estimate of drug-likeness (QED) is 0.522. The van der Waals surface area contributed by atoms with E-state index in [0.29, 0.717) is 11.8 Å². The number of thioether (sulfide) groups is 1. The number of rotatable bonds is 4. The Balaban J connectivity index is 2.62. The fraction of sp³-hybridized carbons (Fsp3) is 0.143. The van der Waals surface area contributed by atoms with E-state index < -0.39 is 5.97 Å². The maximum Gasteiger partial charge on any atom is 0.152 e. The summed E-state index contributed by atoms with van der Waals surface area (Å²) in [6, 6.07) is 1.66. The van der Waals surface area contributed by atoms with Gasteiger partial charge < -0.3 is 9.90 Å². The van der Waals surface area contributed by atoms with Crippen LogP contribution >= 0.6 is 23.1 Å². The lowest BCUT2D eigenvalue weighted by atomic mass is 10.4. The normalized spacial score (nSPS) is 9.67. The van der Waals surface area contributed by atoms with E-state index in [1.807, 2.05) is 0 Å². The largest absolute Gasteiger partial charge is 0.549 e. The van der Waals surface area contributed by atoms with Crippen LogP contribution in [0.2, 0.25) is 0 Å². The summed E-state index contributed by atoms with van der Waals surface area (Å²) in [6.45, 7) is 0. The first-order valence-electron chi connectivity index (χ1n) is 3.09. The zero-order chi connectivity index (χ0) is 8.97. The van der Waals surface area contributed by atoms with Crippen molar-refractivity contribution in [2.75, 3.05) is 5.75 Å². The Hall–Kier alpha value is -0.810. The molecule has 3 nitrogen and oxygen atoms in total. The van der Waals surface area contributed by atoms with Crippen molar-refractivity contribution in [3.8, 4) is 0 Å². The SMILES string of the molecule is O=Cc1ccsc1SCC(=O)[O-]. The molecule has 1 aromatic heterocycles. The second-order valence-corrected chi connectivity index (χ2v) is 4.10. The highest BCUT2D eigenvalue weighted by Crippen LogP contribution is 2.26. The minimum absolute atomic E-state index is 0.110. The topological polar surface area (TPSA) is 57.2 Å². The monoisotopic (exact) mass is 201 g/mol. The molecule has 0 aliphatic rings. The molecule has 0 aliphatic heterocycles. The lowest BCUT2D eigenvalue weighted by molar-refractivity contribution is -0.301. The number of hydrogen-bond donors (Lipinski definition) is 0. The molecule has 0 saturated carbocycles. The lowest BCUT2D eigenvalue weighted by Gasteiger charge is -1.99. The lowest BCUT2D eigenvalue weighted by Crippen LogP contribution is -2.24. The molecule has 5 heteroatoms. The molecular weight excluding hydrogens is 196 g/mol. The highest BCUT2D eigenvalue weighted by molar-refractivity contribution is 8.01. The van der Waals surface area contributed by atoms with E-state index in [9.17, 15) is 14.7 Å². The fourth-order valence-electron chi connectivity index (χ4n) is 0.634. The average Bonchev–Trinajstić information content (AvgIpc) is 2.47. The highest BCUT2D eigenvalue weighted by Gasteiger charge is 2.02. The van der Waals surface area contributed by atoms with Gasteiger partial charge in [0.1, 0.15) is 0 Å². The van der Waals surface area contributed by atoms with Crippen molar-refractivity contribution in [1.82, 2.24) is 0 Å². The third kappa shape index (κ3) is 2.35. The van der Waals surface area contributed by atoms with Crippen LogP contribution in [0.4, 0.5) is 0 Å². The van der Waals surface area contributed by atoms with Gasteiger partial charge in [-0.1, -0.05) is 0 Å². The van der Waals surface area contributed by atoms with E-state index in [-0.39, 0.29) is 5.75 Å². The Kier molecular flexibility index (Phi) is 3.31. The molecule has 0 aromatic carbocycles. The summed E-state index contributed by atoms with van der Waals surface area (Å²) < 4.78 is 0.731. The summed E-state index contributed by atoms with van der Waals surface area (Å²) >= 11 is 2.47. The summed E-state index contributed by atoms with van der Waals surface area (Å²) in [7, 11) is 0. The van der Waals surface area contributed by atoms with E-state index in [0.717, 1.165) is 16.0 Å². The number of carboxylic acid groups (broad SMARTS) is 1. The van der Waals surface area contributed by atoms with Crippen LogP contribution < -0.4 is 5.11 Å². The summed E-state index contributed by atoms with van der Waals surface area (Å²) in [5, 5.41) is 11.8. The zero-order valence-electron chi connectivity index (χ0n) is 5.98. The van der Waals surface area contributed by atoms with Gasteiger partial charge in [-0.25, -0.2) is 0 Å². The van der Waals surface area contributed by atoms with Crippen LogP contribution in [-0.4, -0.2) is 18.0 Å². The minimum Gasteiger partial charge on any atom is -0.549 e. The van der Waals surface area contributed by atoms with Crippen molar-refractivity contribution in [3.05, 3.63) is 17.0 Å². The Morgan fingerprint density at radius 3 is 3.08 bits per heavy atom. The fourth-order valence-corrected chi connectivity index (χ4v) is 2.37. The summed E-state index contributed by atoms with van der Waals surface area (Å²) in [5.74, 6) is -1.23. The molecule has 0 bridgehead atoms. The molecule has 1 aromatic rings. The summed E-state index contributed by atoms with van der Waals surface area (Å²) in [6.07, 6.45) is 0.716. The van der Waals surface area contributed by atoms with Crippen LogP contribution in [0.3, 0.4) is 0 Å². The van der Waals surface area contributed by atoms with Crippen molar-refractivity contribution in [2.24, 2.45) is 0 Å². The highest BCUT2D eigenvalue weighted by atomic mass is 32.2. The van der Waals surface area contributed by atoms with Crippen LogP contribution in [-0.2, 0) is 4.79 Å². The standard InChI is InChI=1S/C7H6O3S2/c8-3-5-1-2-11-7(5)12-4-6(9)10/h1-3H,4H2,(H,9,10)/p-1. The van der Waals surface area contributed by atoms with Crippen molar-refractivity contribution in [1.29, 1.82) is 0 Å². The number of carbonyl (C=O) groups excluding carboxylic acids is 2. The van der Waals surface area contributed by atoms with Crippen LogP contribution in [0.5, 0.6) is 0 Å². The van der Waals surface area contributed by atoms with Crippen LogP contribution in [0.15, 0.2) is 15.7 Å². The van der Waals surface area contributed by atoms with E-state index in [1.54, 1.807) is 11.4 Å². The molecule has 1 heterocycles. The van der Waals surface area contributed by atoms with Gasteiger partial charge in [-0.15, -0.1) is 23.1 Å². The second kappa shape index (κ2) is 4.27. The molecule has 0 saturated heterocycles. The van der Waals surface area contributed by atoms with Gasteiger partial charge in [0.25, 0.3) is 0 Å². The van der Waals surface area contributed by atoms with Crippen molar-refractivity contribution in [2.45, 2.75) is 4.21 Å². The van der Waals surface area contributed by atoms with E-state index in [4.69, 9.17) is 0 Å². The maximum atomic E-state index is 10.4. The first kappa shape index (κ1) is 9.28. The van der Waals surface area contributed by atoms with Gasteiger partial charge in [-0.05, 0) is 11.4 Å². The molecule has 0 aliphatic carbocycles. The number of aldehydes is 1. The van der Waals surface area contributed by atoms with Gasteiger partial charge in [0.2, 0.25) is 0 Å². The minimum atomic E-state index is -1.12. The van der Waals surface area contributed by atoms with E-state index in [1.165, 1.54) is 11.3 Å². The third-order valence-electron chi connectivity index (χ3n) is 1.11. The van der Waals surface area contributed by atoms with Crippen molar-refractivity contribution >= 4 is 35.4 Å². The van der Waals surface area contributed by atoms with Crippen LogP contribution in [0.25, 0.3) is 0 Å². The molecule has 0 spiro atoms. The van der Waals surface area contributed by atoms with Gasteiger partial charge in [-0.3, -0.25) is 4.79 Å². The number of carboxylic acids is 1. The number of carbonyl (C=O) groups is 2. The molecule has 0 amide bonds. The molecule has 0 unspecified atom stereocenters. The molecule has 12 heavy (non-hydrogen) atoms. The summed E-state index contributed by atoms with van der Waals surface area (Å²) in [5.41, 5.74) is 0.547. The maximum absolute atomic E-state index is 10.4. The third-order valence-corrected chi connectivity index (χ3v) is 3.35. The molecule has 1 rings (SSSR count). The van der Waals surface area contributed by atoms with Crippen molar-refractivity contribution in [3.63, 3.8) is 0 Å². The molecule has 0 radical (unpaired) electrons. The number of thiophene rings is 1. The van der Waals surface area contributed by atoms with Crippen molar-refractivity contribution < 1.29 is 14.7 Å². The van der Waals surface area contributed by atoms with Crippen LogP contribution in [0.1, 0.15) is 10.4 Å². The van der Waals surface area contributed by atoms with E-state index in [2.05, 4.69) is 0 Å².